The molecular formula is C15H24BrN3O. The standard InChI is InChI=1S/C15H24BrN3O/c1-5-19-12(14(16)11(2)17-19)10-13(20)15(3,4)18-8-6-7-9-18/h5-10H2,1-4H3. The molecule has 20 heavy (non-hydrogen) atoms. The quantitative estimate of drug-likeness (QED) is 0.826. The summed E-state index contributed by atoms with van der Waals surface area (Å²) < 4.78 is 2.90. The van der Waals surface area contributed by atoms with Gasteiger partial charge in [0.05, 0.1) is 27.8 Å². The van der Waals surface area contributed by atoms with E-state index in [0.717, 1.165) is 35.5 Å². The maximum atomic E-state index is 12.7. The van der Waals surface area contributed by atoms with Crippen molar-refractivity contribution in [3.63, 3.8) is 0 Å². The minimum atomic E-state index is -0.382. The summed E-state index contributed by atoms with van der Waals surface area (Å²) in [5.74, 6) is 0.273. The summed E-state index contributed by atoms with van der Waals surface area (Å²) in [5, 5.41) is 4.47. The van der Waals surface area contributed by atoms with Crippen molar-refractivity contribution < 1.29 is 4.79 Å². The van der Waals surface area contributed by atoms with Gasteiger partial charge < -0.3 is 0 Å². The van der Waals surface area contributed by atoms with Crippen molar-refractivity contribution in [2.45, 2.75) is 59.0 Å². The zero-order valence-corrected chi connectivity index (χ0v) is 14.5. The van der Waals surface area contributed by atoms with Gasteiger partial charge in [0.1, 0.15) is 0 Å². The molecule has 1 fully saturated rings. The fraction of sp³-hybridized carbons (Fsp3) is 0.733. The molecule has 0 unspecified atom stereocenters. The summed E-state index contributed by atoms with van der Waals surface area (Å²) in [6.07, 6.45) is 2.84. The van der Waals surface area contributed by atoms with Crippen molar-refractivity contribution >= 4 is 21.7 Å². The molecule has 0 N–H and O–H groups in total. The average Bonchev–Trinajstić information content (AvgIpc) is 3.02. The normalized spacial score (nSPS) is 16.9. The molecule has 0 bridgehead atoms. The summed E-state index contributed by atoms with van der Waals surface area (Å²) in [7, 11) is 0. The van der Waals surface area contributed by atoms with Crippen molar-refractivity contribution in [1.82, 2.24) is 14.7 Å². The summed E-state index contributed by atoms with van der Waals surface area (Å²) >= 11 is 3.57. The molecule has 1 aliphatic rings. The molecule has 0 aromatic carbocycles. The van der Waals surface area contributed by atoms with Crippen LogP contribution in [0.2, 0.25) is 0 Å². The molecular weight excluding hydrogens is 318 g/mol. The first-order chi connectivity index (χ1) is 9.37. The number of Topliss-reactive ketones (excluding diaryl/α,β-unsaturated/α-hetero) is 1. The number of halogens is 1. The highest BCUT2D eigenvalue weighted by molar-refractivity contribution is 9.10. The maximum absolute atomic E-state index is 12.7. The van der Waals surface area contributed by atoms with Crippen LogP contribution >= 0.6 is 15.9 Å². The molecule has 1 aromatic rings. The molecule has 0 saturated carbocycles. The first kappa shape index (κ1) is 15.7. The lowest BCUT2D eigenvalue weighted by Gasteiger charge is -2.34. The van der Waals surface area contributed by atoms with Gasteiger partial charge in [-0.05, 0) is 69.6 Å². The third-order valence-electron chi connectivity index (χ3n) is 4.36. The Kier molecular flexibility index (Phi) is 4.69. The highest BCUT2D eigenvalue weighted by Gasteiger charge is 2.36. The smallest absolute Gasteiger partial charge is 0.158 e. The summed E-state index contributed by atoms with van der Waals surface area (Å²) in [6.45, 7) is 11.0. The third kappa shape index (κ3) is 2.84. The number of hydrogen-bond donors (Lipinski definition) is 0. The number of aryl methyl sites for hydroxylation is 2. The zero-order chi connectivity index (χ0) is 14.9. The van der Waals surface area contributed by atoms with Gasteiger partial charge in [0.25, 0.3) is 0 Å². The van der Waals surface area contributed by atoms with Gasteiger partial charge in [-0.15, -0.1) is 0 Å². The summed E-state index contributed by atoms with van der Waals surface area (Å²) in [5.41, 5.74) is 1.57. The van der Waals surface area contributed by atoms with E-state index < -0.39 is 0 Å². The third-order valence-corrected chi connectivity index (χ3v) is 5.39. The lowest BCUT2D eigenvalue weighted by molar-refractivity contribution is -0.128. The number of carbonyl (C=O) groups excluding carboxylic acids is 1. The first-order valence-electron chi connectivity index (χ1n) is 7.38. The number of likely N-dealkylation sites (tertiary alicyclic amines) is 1. The van der Waals surface area contributed by atoms with E-state index in [4.69, 9.17) is 0 Å². The van der Waals surface area contributed by atoms with Crippen LogP contribution in [0.25, 0.3) is 0 Å². The molecule has 5 heteroatoms. The van der Waals surface area contributed by atoms with Crippen LogP contribution in [0.3, 0.4) is 0 Å². The van der Waals surface area contributed by atoms with Crippen LogP contribution in [0.1, 0.15) is 45.0 Å². The predicted octanol–water partition coefficient (Wildman–Crippen LogP) is 2.96. The van der Waals surface area contributed by atoms with Crippen molar-refractivity contribution in [3.05, 3.63) is 15.9 Å². The largest absolute Gasteiger partial charge is 0.297 e. The van der Waals surface area contributed by atoms with Gasteiger partial charge >= 0.3 is 0 Å². The van der Waals surface area contributed by atoms with Crippen LogP contribution in [0.4, 0.5) is 0 Å². The second-order valence-electron chi connectivity index (χ2n) is 6.01. The fourth-order valence-corrected chi connectivity index (χ4v) is 3.28. The molecule has 2 heterocycles. The maximum Gasteiger partial charge on any atom is 0.158 e. The Balaban J connectivity index is 2.19. The van der Waals surface area contributed by atoms with Crippen LogP contribution in [-0.2, 0) is 17.8 Å². The monoisotopic (exact) mass is 341 g/mol. The lowest BCUT2D eigenvalue weighted by atomic mass is 9.93. The Morgan fingerprint density at radius 3 is 2.50 bits per heavy atom. The van der Waals surface area contributed by atoms with Crippen LogP contribution in [0.15, 0.2) is 4.47 Å². The van der Waals surface area contributed by atoms with Crippen LogP contribution in [-0.4, -0.2) is 39.1 Å². The molecule has 1 aromatic heterocycles. The van der Waals surface area contributed by atoms with Crippen LogP contribution in [0.5, 0.6) is 0 Å². The SMILES string of the molecule is CCn1nc(C)c(Br)c1CC(=O)C(C)(C)N1CCCC1. The Hall–Kier alpha value is -0.680. The summed E-state index contributed by atoms with van der Waals surface area (Å²) in [4.78, 5) is 15.1. The molecule has 1 saturated heterocycles. The minimum Gasteiger partial charge on any atom is -0.297 e. The van der Waals surface area contributed by atoms with Gasteiger partial charge in [0, 0.05) is 6.54 Å². The number of carbonyl (C=O) groups is 1. The van der Waals surface area contributed by atoms with E-state index in [2.05, 4.69) is 32.9 Å². The van der Waals surface area contributed by atoms with Crippen LogP contribution < -0.4 is 0 Å². The van der Waals surface area contributed by atoms with Gasteiger partial charge in [0.15, 0.2) is 5.78 Å². The second kappa shape index (κ2) is 5.98. The second-order valence-corrected chi connectivity index (χ2v) is 6.81. The topological polar surface area (TPSA) is 38.1 Å². The number of ketones is 1. The Morgan fingerprint density at radius 1 is 1.35 bits per heavy atom. The van der Waals surface area contributed by atoms with E-state index in [1.807, 2.05) is 25.5 Å². The van der Waals surface area contributed by atoms with Crippen molar-refractivity contribution in [2.75, 3.05) is 13.1 Å². The first-order valence-corrected chi connectivity index (χ1v) is 8.17. The molecule has 0 atom stereocenters. The summed E-state index contributed by atoms with van der Waals surface area (Å²) in [6, 6.07) is 0. The molecule has 0 radical (unpaired) electrons. The molecule has 0 spiro atoms. The van der Waals surface area contributed by atoms with E-state index in [0.29, 0.717) is 6.42 Å². The van der Waals surface area contributed by atoms with Crippen molar-refractivity contribution in [1.29, 1.82) is 0 Å². The molecule has 112 valence electrons. The molecule has 2 rings (SSSR count). The Labute approximate surface area is 129 Å². The van der Waals surface area contributed by atoms with E-state index in [9.17, 15) is 4.79 Å². The van der Waals surface area contributed by atoms with E-state index in [1.54, 1.807) is 0 Å². The van der Waals surface area contributed by atoms with Gasteiger partial charge in [-0.2, -0.15) is 5.10 Å². The molecule has 4 nitrogen and oxygen atoms in total. The zero-order valence-electron chi connectivity index (χ0n) is 12.9. The highest BCUT2D eigenvalue weighted by Crippen LogP contribution is 2.27. The van der Waals surface area contributed by atoms with E-state index in [1.165, 1.54) is 12.8 Å². The number of nitrogens with zero attached hydrogens (tertiary/aromatic N) is 3. The van der Waals surface area contributed by atoms with Gasteiger partial charge in [0.2, 0.25) is 0 Å². The molecule has 1 aliphatic heterocycles. The Bertz CT molecular complexity index is 501. The molecule has 0 amide bonds. The van der Waals surface area contributed by atoms with Gasteiger partial charge in [-0.3, -0.25) is 14.4 Å². The number of rotatable bonds is 5. The van der Waals surface area contributed by atoms with Crippen molar-refractivity contribution in [2.24, 2.45) is 0 Å². The van der Waals surface area contributed by atoms with Crippen LogP contribution in [0, 0.1) is 6.92 Å². The lowest BCUT2D eigenvalue weighted by Crippen LogP contribution is -2.49. The van der Waals surface area contributed by atoms with E-state index in [-0.39, 0.29) is 11.3 Å². The molecule has 0 aliphatic carbocycles. The fourth-order valence-electron chi connectivity index (χ4n) is 2.86. The van der Waals surface area contributed by atoms with Gasteiger partial charge in [-0.1, -0.05) is 0 Å². The highest BCUT2D eigenvalue weighted by atomic mass is 79.9. The van der Waals surface area contributed by atoms with Crippen molar-refractivity contribution in [3.8, 4) is 0 Å². The number of aromatic nitrogens is 2. The number of hydrogen-bond acceptors (Lipinski definition) is 3. The Morgan fingerprint density at radius 2 is 1.95 bits per heavy atom. The predicted molar refractivity (Wildman–Crippen MR) is 83.9 cm³/mol. The van der Waals surface area contributed by atoms with E-state index >= 15 is 0 Å². The van der Waals surface area contributed by atoms with Gasteiger partial charge in [-0.25, -0.2) is 0 Å². The average molecular weight is 342 g/mol. The minimum absolute atomic E-state index is 0.273.